The summed E-state index contributed by atoms with van der Waals surface area (Å²) in [5.74, 6) is 5.77. The maximum atomic E-state index is 3.53. The van der Waals surface area contributed by atoms with Crippen LogP contribution in [0.4, 0.5) is 0 Å². The van der Waals surface area contributed by atoms with Crippen LogP contribution in [-0.2, 0) is 41.5 Å². The molecule has 294 valence electrons. The Hall–Kier alpha value is -2.31. The summed E-state index contributed by atoms with van der Waals surface area (Å²) in [7, 11) is 0. The molecule has 3 heteroatoms. The molecule has 0 spiro atoms. The third-order valence-corrected chi connectivity index (χ3v) is 11.9. The quantitative estimate of drug-likeness (QED) is 0.147. The van der Waals surface area contributed by atoms with Crippen molar-refractivity contribution in [3.05, 3.63) is 154 Å². The summed E-state index contributed by atoms with van der Waals surface area (Å²) >= 11 is 1.30. The van der Waals surface area contributed by atoms with Gasteiger partial charge in [-0.15, -0.1) is 30.4 Å². The van der Waals surface area contributed by atoms with Crippen molar-refractivity contribution in [3.8, 4) is 11.1 Å². The summed E-state index contributed by atoms with van der Waals surface area (Å²) in [6, 6.07) is 36.7. The molecule has 0 N–H and O–H groups in total. The SMILES string of the molecule is CC(C)(C)c1c[c-]c2c(c1)-c1cc(C(C)(C)C)ccc1C2.CC1[C-]=CC(C2C3CC4CC(C3)CC2C4)=C1.Cc1cc[c-]cc1.Cc1cc[c-]cc1.Cl.Cl.[CH2]=[Zr]. The molecule has 0 aromatic heterocycles. The summed E-state index contributed by atoms with van der Waals surface area (Å²) in [5.41, 5.74) is 13.0. The first kappa shape index (κ1) is 47.1. The van der Waals surface area contributed by atoms with E-state index in [0.29, 0.717) is 5.92 Å². The van der Waals surface area contributed by atoms with Crippen LogP contribution in [0, 0.1) is 73.6 Å². The molecule has 0 saturated heterocycles. The van der Waals surface area contributed by atoms with Crippen LogP contribution >= 0.6 is 24.8 Å². The van der Waals surface area contributed by atoms with Crippen molar-refractivity contribution >= 4 is 29.0 Å². The van der Waals surface area contributed by atoms with E-state index >= 15 is 0 Å². The van der Waals surface area contributed by atoms with Gasteiger partial charge in [-0.25, -0.2) is 6.08 Å². The Morgan fingerprint density at radius 2 is 1.15 bits per heavy atom. The van der Waals surface area contributed by atoms with Crippen molar-refractivity contribution in [3.63, 3.8) is 0 Å². The van der Waals surface area contributed by atoms with Crippen LogP contribution in [-0.4, -0.2) is 4.21 Å². The van der Waals surface area contributed by atoms with Gasteiger partial charge in [0.1, 0.15) is 0 Å². The van der Waals surface area contributed by atoms with Gasteiger partial charge in [-0.2, -0.15) is 113 Å². The molecule has 4 aromatic carbocycles. The summed E-state index contributed by atoms with van der Waals surface area (Å²) in [6.07, 6.45) is 17.0. The Morgan fingerprint density at radius 1 is 0.655 bits per heavy atom. The molecule has 1 unspecified atom stereocenters. The first-order chi connectivity index (χ1) is 25.2. The number of aryl methyl sites for hydroxylation is 2. The van der Waals surface area contributed by atoms with E-state index in [1.165, 1.54) is 94.4 Å². The second-order valence-corrected chi connectivity index (χ2v) is 18.2. The molecule has 0 aliphatic heterocycles. The second kappa shape index (κ2) is 20.9. The summed E-state index contributed by atoms with van der Waals surface area (Å²) < 4.78 is 3.34. The number of benzene rings is 4. The Balaban J connectivity index is 0.000000210. The molecule has 4 bridgehead atoms. The third kappa shape index (κ3) is 12.6. The predicted octanol–water partition coefficient (Wildman–Crippen LogP) is 14.0. The minimum absolute atomic E-state index is 0. The average Bonchev–Trinajstić information content (AvgIpc) is 3.72. The van der Waals surface area contributed by atoms with E-state index in [1.807, 2.05) is 48.5 Å². The zero-order valence-corrected chi connectivity index (χ0v) is 39.0. The molecule has 4 fully saturated rings. The molecule has 0 amide bonds. The van der Waals surface area contributed by atoms with Crippen LogP contribution in [0.2, 0.25) is 0 Å². The maximum absolute atomic E-state index is 3.53. The minimum atomic E-state index is 0. The number of fused-ring (bicyclic) bond motifs is 3. The first-order valence-corrected chi connectivity index (χ1v) is 21.7. The van der Waals surface area contributed by atoms with E-state index in [0.717, 1.165) is 36.0 Å². The normalized spacial score (nSPS) is 23.2. The number of rotatable bonds is 1. The number of hydrogen-bond donors (Lipinski definition) is 0. The first-order valence-electron chi connectivity index (χ1n) is 19.9. The van der Waals surface area contributed by atoms with E-state index in [2.05, 4.69) is 133 Å². The van der Waals surface area contributed by atoms with Crippen LogP contribution in [0.3, 0.4) is 0 Å². The predicted molar refractivity (Wildman–Crippen MR) is 238 cm³/mol. The molecule has 6 aliphatic carbocycles. The monoisotopic (exact) mass is 848 g/mol. The van der Waals surface area contributed by atoms with Gasteiger partial charge in [0.15, 0.2) is 0 Å². The van der Waals surface area contributed by atoms with Crippen molar-refractivity contribution in [2.24, 2.45) is 35.5 Å². The van der Waals surface area contributed by atoms with Gasteiger partial charge in [0.25, 0.3) is 0 Å². The van der Waals surface area contributed by atoms with Gasteiger partial charge in [-0.3, -0.25) is 6.08 Å². The zero-order valence-electron chi connectivity index (χ0n) is 34.9. The fraction of sp³-hybridized carbons (Fsp3) is 0.442. The number of hydrogen-bond acceptors (Lipinski definition) is 0. The van der Waals surface area contributed by atoms with E-state index in [4.69, 9.17) is 0 Å². The average molecular weight is 851 g/mol. The van der Waals surface area contributed by atoms with Crippen molar-refractivity contribution in [1.82, 2.24) is 0 Å². The van der Waals surface area contributed by atoms with Crippen LogP contribution < -0.4 is 0 Å². The van der Waals surface area contributed by atoms with Gasteiger partial charge >= 0.3 is 28.4 Å². The van der Waals surface area contributed by atoms with Crippen molar-refractivity contribution < 1.29 is 24.2 Å². The van der Waals surface area contributed by atoms with Crippen molar-refractivity contribution in [2.75, 3.05) is 0 Å². The standard InChI is InChI=1S/C21H25.C16H21.2C7H7.CH2.2ClH.Zr/c1-20(2,3)16-9-7-14-11-15-8-10-17(21(4,5)6)13-19(15)18(14)12-16;1-10-2-3-13(4-10)16-14-6-11-5-12(8-14)9-15(16)7-11;2*1-7-5-3-2-4-6-7;;;;/h7,9-10,12-13H,11H2,1-6H3;3-4,10-12,14-16H,5-9H2,1H3;2*3-6H,1H3;1H2;2*1H;/q4*-1;;;;. The summed E-state index contributed by atoms with van der Waals surface area (Å²) in [4.78, 5) is 0. The molecule has 0 radical (unpaired) electrons. The van der Waals surface area contributed by atoms with Crippen LogP contribution in [0.15, 0.2) is 96.6 Å². The Bertz CT molecular complexity index is 1710. The molecular formula is C52H64Cl2Zr-4. The molecular weight excluding hydrogens is 787 g/mol. The Labute approximate surface area is 363 Å². The molecule has 10 rings (SSSR count). The van der Waals surface area contributed by atoms with Gasteiger partial charge in [-0.05, 0) is 73.2 Å². The van der Waals surface area contributed by atoms with E-state index in [1.54, 1.807) is 12.0 Å². The molecule has 4 saturated carbocycles. The van der Waals surface area contributed by atoms with Gasteiger partial charge in [0, 0.05) is 0 Å². The van der Waals surface area contributed by atoms with Gasteiger partial charge in [0.05, 0.1) is 0 Å². The van der Waals surface area contributed by atoms with Gasteiger partial charge in [0.2, 0.25) is 0 Å². The third-order valence-electron chi connectivity index (χ3n) is 11.9. The van der Waals surface area contributed by atoms with E-state index in [9.17, 15) is 0 Å². The fourth-order valence-electron chi connectivity index (χ4n) is 9.21. The second-order valence-electron chi connectivity index (χ2n) is 18.2. The molecule has 6 aliphatic rings. The van der Waals surface area contributed by atoms with Crippen molar-refractivity contribution in [1.29, 1.82) is 0 Å². The van der Waals surface area contributed by atoms with Gasteiger partial charge in [-0.1, -0.05) is 109 Å². The Morgan fingerprint density at radius 3 is 1.56 bits per heavy atom. The zero-order chi connectivity index (χ0) is 38.3. The van der Waals surface area contributed by atoms with Crippen LogP contribution in [0.25, 0.3) is 11.1 Å². The summed E-state index contributed by atoms with van der Waals surface area (Å²) in [5, 5.41) is 0. The molecule has 0 heterocycles. The fourth-order valence-corrected chi connectivity index (χ4v) is 9.21. The Kier molecular flexibility index (Phi) is 17.9. The summed E-state index contributed by atoms with van der Waals surface area (Å²) in [6.45, 7) is 20.0. The van der Waals surface area contributed by atoms with E-state index < -0.39 is 0 Å². The molecule has 55 heavy (non-hydrogen) atoms. The molecule has 4 aromatic rings. The topological polar surface area (TPSA) is 0 Å². The van der Waals surface area contributed by atoms with Crippen LogP contribution in [0.1, 0.15) is 114 Å². The van der Waals surface area contributed by atoms with Gasteiger partial charge < -0.3 is 0 Å². The van der Waals surface area contributed by atoms with Crippen LogP contribution in [0.5, 0.6) is 0 Å². The number of halogens is 2. The molecule has 1 atom stereocenters. The van der Waals surface area contributed by atoms with Crippen molar-refractivity contribution in [2.45, 2.75) is 112 Å². The van der Waals surface area contributed by atoms with E-state index in [-0.39, 0.29) is 35.6 Å². The number of allylic oxidation sites excluding steroid dienone is 4. The molecule has 0 nitrogen and oxygen atoms in total.